The Labute approximate surface area is 189 Å². The molecule has 0 spiro atoms. The van der Waals surface area contributed by atoms with Crippen LogP contribution < -0.4 is 15.0 Å². The van der Waals surface area contributed by atoms with E-state index in [1.54, 1.807) is 30.3 Å². The number of nitrogens with zero attached hydrogens (tertiary/aromatic N) is 1. The Hall–Kier alpha value is -2.16. The molecular weight excluding hydrogens is 527 g/mol. The number of amides is 4. The minimum atomic E-state index is -0.858. The molecule has 0 atom stereocenters. The molecule has 2 aromatic carbocycles. The summed E-state index contributed by atoms with van der Waals surface area (Å²) in [5, 5.41) is 2.39. The molecule has 9 heteroatoms. The first-order chi connectivity index (χ1) is 13.8. The molecule has 29 heavy (non-hydrogen) atoms. The van der Waals surface area contributed by atoms with Crippen molar-refractivity contribution >= 4 is 73.1 Å². The van der Waals surface area contributed by atoms with Crippen LogP contribution in [0, 0.1) is 0 Å². The Kier molecular flexibility index (Phi) is 6.77. The molecule has 4 amide bonds. The summed E-state index contributed by atoms with van der Waals surface area (Å²) >= 11 is 13.0. The minimum Gasteiger partial charge on any atom is -0.492 e. The zero-order valence-electron chi connectivity index (χ0n) is 15.2. The van der Waals surface area contributed by atoms with Gasteiger partial charge in [-0.25, -0.2) is 9.69 Å². The fraction of sp³-hybridized carbons (Fsp3) is 0.150. The Morgan fingerprint density at radius 2 is 1.90 bits per heavy atom. The number of barbiturate groups is 1. The number of hydrogen-bond acceptors (Lipinski definition) is 4. The zero-order valence-corrected chi connectivity index (χ0v) is 19.1. The first-order valence-electron chi connectivity index (χ1n) is 8.61. The fourth-order valence-corrected chi connectivity index (χ4v) is 4.30. The molecular formula is C20H15Br2ClN2O4. The minimum absolute atomic E-state index is 0.188. The quantitative estimate of drug-likeness (QED) is 0.410. The van der Waals surface area contributed by atoms with Crippen molar-refractivity contribution in [3.05, 3.63) is 61.5 Å². The van der Waals surface area contributed by atoms with E-state index >= 15 is 0 Å². The summed E-state index contributed by atoms with van der Waals surface area (Å²) in [7, 11) is 0. The van der Waals surface area contributed by atoms with Crippen molar-refractivity contribution in [2.45, 2.75) is 13.3 Å². The van der Waals surface area contributed by atoms with Crippen LogP contribution in [0.3, 0.4) is 0 Å². The van der Waals surface area contributed by atoms with Crippen LogP contribution in [0.15, 0.2) is 50.9 Å². The van der Waals surface area contributed by atoms with E-state index in [-0.39, 0.29) is 16.3 Å². The van der Waals surface area contributed by atoms with Gasteiger partial charge in [0, 0.05) is 10.0 Å². The van der Waals surface area contributed by atoms with Crippen LogP contribution in [0.25, 0.3) is 6.08 Å². The van der Waals surface area contributed by atoms with Crippen molar-refractivity contribution in [3.8, 4) is 5.75 Å². The molecule has 150 valence electrons. The lowest BCUT2D eigenvalue weighted by molar-refractivity contribution is -0.122. The molecule has 0 bridgehead atoms. The number of carbonyl (C=O) groups is 3. The predicted octanol–water partition coefficient (Wildman–Crippen LogP) is 5.32. The van der Waals surface area contributed by atoms with Crippen LogP contribution in [0.2, 0.25) is 5.02 Å². The molecule has 1 aliphatic heterocycles. The summed E-state index contributed by atoms with van der Waals surface area (Å²) < 4.78 is 7.17. The highest BCUT2D eigenvalue weighted by Crippen LogP contribution is 2.35. The third-order valence-corrected chi connectivity index (χ3v) is 5.35. The molecule has 1 fully saturated rings. The third kappa shape index (κ3) is 4.55. The molecule has 1 aliphatic rings. The second kappa shape index (κ2) is 9.11. The maximum Gasteiger partial charge on any atom is 0.335 e. The normalized spacial score (nSPS) is 15.7. The number of ether oxygens (including phenoxy) is 1. The topological polar surface area (TPSA) is 75.7 Å². The number of imide groups is 2. The first kappa shape index (κ1) is 21.5. The number of para-hydroxylation sites is 1. The van der Waals surface area contributed by atoms with Crippen LogP contribution in [0.1, 0.15) is 18.9 Å². The van der Waals surface area contributed by atoms with Gasteiger partial charge in [-0.05, 0) is 52.7 Å². The average Bonchev–Trinajstić information content (AvgIpc) is 2.65. The van der Waals surface area contributed by atoms with Crippen molar-refractivity contribution in [3.63, 3.8) is 0 Å². The summed E-state index contributed by atoms with van der Waals surface area (Å²) in [6.45, 7) is 2.43. The van der Waals surface area contributed by atoms with Crippen molar-refractivity contribution in [2.75, 3.05) is 11.5 Å². The maximum atomic E-state index is 13.1. The summed E-state index contributed by atoms with van der Waals surface area (Å²) in [4.78, 5) is 38.7. The Morgan fingerprint density at radius 1 is 1.17 bits per heavy atom. The Bertz CT molecular complexity index is 1040. The van der Waals surface area contributed by atoms with Gasteiger partial charge in [-0.3, -0.25) is 14.9 Å². The van der Waals surface area contributed by atoms with E-state index in [4.69, 9.17) is 16.3 Å². The zero-order chi connectivity index (χ0) is 21.1. The number of carbonyl (C=O) groups excluding carboxylic acids is 3. The van der Waals surface area contributed by atoms with Crippen LogP contribution >= 0.6 is 43.5 Å². The van der Waals surface area contributed by atoms with Gasteiger partial charge in [0.2, 0.25) is 0 Å². The molecule has 1 saturated heterocycles. The van der Waals surface area contributed by atoms with E-state index in [0.717, 1.165) is 15.8 Å². The number of urea groups is 1. The van der Waals surface area contributed by atoms with E-state index < -0.39 is 17.8 Å². The fourth-order valence-electron chi connectivity index (χ4n) is 2.71. The van der Waals surface area contributed by atoms with Gasteiger partial charge in [-0.15, -0.1) is 0 Å². The summed E-state index contributed by atoms with van der Waals surface area (Å²) in [6.07, 6.45) is 2.18. The highest BCUT2D eigenvalue weighted by molar-refractivity contribution is 9.11. The maximum absolute atomic E-state index is 13.1. The summed E-state index contributed by atoms with van der Waals surface area (Å²) in [6, 6.07) is 9.07. The molecule has 0 saturated carbocycles. The summed E-state index contributed by atoms with van der Waals surface area (Å²) in [5.41, 5.74) is 0.482. The summed E-state index contributed by atoms with van der Waals surface area (Å²) in [5.74, 6) is -1.07. The lowest BCUT2D eigenvalue weighted by Crippen LogP contribution is -2.54. The average molecular weight is 543 g/mol. The van der Waals surface area contributed by atoms with E-state index in [2.05, 4.69) is 37.2 Å². The molecule has 1 N–H and O–H groups in total. The number of nitrogens with one attached hydrogen (secondary N) is 1. The van der Waals surface area contributed by atoms with Gasteiger partial charge in [-0.1, -0.05) is 46.6 Å². The molecule has 0 aliphatic carbocycles. The van der Waals surface area contributed by atoms with Crippen LogP contribution in [0.5, 0.6) is 5.75 Å². The largest absolute Gasteiger partial charge is 0.492 e. The van der Waals surface area contributed by atoms with Gasteiger partial charge in [0.1, 0.15) is 11.3 Å². The number of rotatable bonds is 5. The number of anilines is 1. The lowest BCUT2D eigenvalue weighted by atomic mass is 10.1. The highest BCUT2D eigenvalue weighted by atomic mass is 79.9. The van der Waals surface area contributed by atoms with Gasteiger partial charge in [0.05, 0.1) is 21.8 Å². The first-order valence-corrected chi connectivity index (χ1v) is 10.6. The number of benzene rings is 2. The van der Waals surface area contributed by atoms with Crippen molar-refractivity contribution in [1.29, 1.82) is 0 Å². The lowest BCUT2D eigenvalue weighted by Gasteiger charge is -2.27. The predicted molar refractivity (Wildman–Crippen MR) is 118 cm³/mol. The van der Waals surface area contributed by atoms with Crippen molar-refractivity contribution in [2.24, 2.45) is 0 Å². The van der Waals surface area contributed by atoms with E-state index in [9.17, 15) is 14.4 Å². The molecule has 0 radical (unpaired) electrons. The van der Waals surface area contributed by atoms with Gasteiger partial charge < -0.3 is 4.74 Å². The van der Waals surface area contributed by atoms with E-state index in [1.807, 2.05) is 6.92 Å². The van der Waals surface area contributed by atoms with Crippen LogP contribution in [-0.4, -0.2) is 24.5 Å². The highest BCUT2D eigenvalue weighted by Gasteiger charge is 2.37. The van der Waals surface area contributed by atoms with Gasteiger partial charge >= 0.3 is 6.03 Å². The van der Waals surface area contributed by atoms with E-state index in [1.165, 1.54) is 12.1 Å². The second-order valence-corrected chi connectivity index (χ2v) is 8.24. The van der Waals surface area contributed by atoms with Crippen molar-refractivity contribution in [1.82, 2.24) is 5.32 Å². The molecule has 0 aromatic heterocycles. The third-order valence-electron chi connectivity index (χ3n) is 3.98. The van der Waals surface area contributed by atoms with Crippen LogP contribution in [0.4, 0.5) is 10.5 Å². The standard InChI is InChI=1S/C20H15Br2ClN2O4/c1-2-7-29-17-11(8-12(21)10-14(17)22)9-13-18(26)24-20(28)25(19(13)27)16-6-4-3-5-15(16)23/h3-6,8-10H,2,7H2,1H3,(H,24,26,28)/b13-9+. The Morgan fingerprint density at radius 3 is 2.59 bits per heavy atom. The number of hydrogen-bond donors (Lipinski definition) is 1. The molecule has 1 heterocycles. The molecule has 3 rings (SSSR count). The van der Waals surface area contributed by atoms with Crippen LogP contribution in [-0.2, 0) is 9.59 Å². The van der Waals surface area contributed by atoms with Gasteiger partial charge in [0.15, 0.2) is 0 Å². The van der Waals surface area contributed by atoms with Gasteiger partial charge in [-0.2, -0.15) is 0 Å². The molecule has 2 aromatic rings. The number of halogens is 3. The second-order valence-electron chi connectivity index (χ2n) is 6.06. The molecule has 0 unspecified atom stereocenters. The van der Waals surface area contributed by atoms with Gasteiger partial charge in [0.25, 0.3) is 11.8 Å². The molecule has 6 nitrogen and oxygen atoms in total. The SMILES string of the molecule is CCCOc1c(Br)cc(Br)cc1/C=C1\C(=O)NC(=O)N(c2ccccc2Cl)C1=O. The smallest absolute Gasteiger partial charge is 0.335 e. The van der Waals surface area contributed by atoms with Crippen molar-refractivity contribution < 1.29 is 19.1 Å². The van der Waals surface area contributed by atoms with E-state index in [0.29, 0.717) is 22.4 Å². The monoisotopic (exact) mass is 540 g/mol. The Balaban J connectivity index is 2.09.